The van der Waals surface area contributed by atoms with E-state index in [-0.39, 0.29) is 0 Å². The Balaban J connectivity index is 2.43. The van der Waals surface area contributed by atoms with E-state index in [1.165, 1.54) is 4.88 Å². The maximum atomic E-state index is 4.44. The van der Waals surface area contributed by atoms with E-state index < -0.39 is 0 Å². The molecule has 2 rings (SSSR count). The molecule has 0 aliphatic heterocycles. The smallest absolute Gasteiger partial charge is 0.143 e. The second-order valence-corrected chi connectivity index (χ2v) is 4.40. The number of nitrogens with zero attached hydrogens (tertiary/aromatic N) is 3. The van der Waals surface area contributed by atoms with Crippen molar-refractivity contribution in [3.8, 4) is 10.7 Å². The summed E-state index contributed by atoms with van der Waals surface area (Å²) in [7, 11) is 0. The van der Waals surface area contributed by atoms with E-state index >= 15 is 0 Å². The van der Waals surface area contributed by atoms with Crippen LogP contribution in [0.15, 0.2) is 18.6 Å². The van der Waals surface area contributed by atoms with Crippen LogP contribution in [0, 0.1) is 6.92 Å². The third kappa shape index (κ3) is 1.83. The van der Waals surface area contributed by atoms with E-state index in [1.807, 2.05) is 6.92 Å². The summed E-state index contributed by atoms with van der Waals surface area (Å²) in [6, 6.07) is 0. The highest BCUT2D eigenvalue weighted by Gasteiger charge is 2.08. The molecule has 0 amide bonds. The molecule has 14 heavy (non-hydrogen) atoms. The summed E-state index contributed by atoms with van der Waals surface area (Å²) in [6.45, 7) is 2.01. The van der Waals surface area contributed by atoms with E-state index in [0.717, 1.165) is 21.7 Å². The Labute approximate surface area is 94.4 Å². The first kappa shape index (κ1) is 9.73. The number of aromatic nitrogens is 3. The minimum Gasteiger partial charge on any atom is -0.261 e. The molecule has 0 radical (unpaired) electrons. The van der Waals surface area contributed by atoms with Crippen molar-refractivity contribution in [3.63, 3.8) is 0 Å². The first-order valence-electron chi connectivity index (χ1n) is 4.10. The molecular formula is C9H8BrN3S. The Morgan fingerprint density at radius 1 is 1.43 bits per heavy atom. The summed E-state index contributed by atoms with van der Waals surface area (Å²) in [6.07, 6.45) is 5.07. The number of halogens is 1. The SMILES string of the molecule is Cc1nc(-c2cnccn2)sc1CBr. The topological polar surface area (TPSA) is 38.7 Å². The second kappa shape index (κ2) is 4.14. The normalized spacial score (nSPS) is 10.4. The monoisotopic (exact) mass is 269 g/mol. The first-order chi connectivity index (χ1) is 6.81. The van der Waals surface area contributed by atoms with Crippen LogP contribution in [0.2, 0.25) is 0 Å². The molecule has 5 heteroatoms. The van der Waals surface area contributed by atoms with E-state index in [4.69, 9.17) is 0 Å². The molecule has 0 bridgehead atoms. The van der Waals surface area contributed by atoms with Crippen molar-refractivity contribution >= 4 is 27.3 Å². The van der Waals surface area contributed by atoms with Gasteiger partial charge in [-0.15, -0.1) is 11.3 Å². The van der Waals surface area contributed by atoms with Crippen molar-refractivity contribution in [2.75, 3.05) is 0 Å². The Hall–Kier alpha value is -0.810. The highest BCUT2D eigenvalue weighted by Crippen LogP contribution is 2.27. The molecule has 0 aliphatic rings. The molecule has 0 N–H and O–H groups in total. The molecule has 2 heterocycles. The highest BCUT2D eigenvalue weighted by atomic mass is 79.9. The van der Waals surface area contributed by atoms with Crippen molar-refractivity contribution in [2.24, 2.45) is 0 Å². The van der Waals surface area contributed by atoms with Crippen LogP contribution in [0.1, 0.15) is 10.6 Å². The fraction of sp³-hybridized carbons (Fsp3) is 0.222. The third-order valence-corrected chi connectivity index (χ3v) is 3.91. The number of thiazole rings is 1. The van der Waals surface area contributed by atoms with E-state index in [9.17, 15) is 0 Å². The predicted octanol–water partition coefficient (Wildman–Crippen LogP) is 2.80. The van der Waals surface area contributed by atoms with Gasteiger partial charge in [-0.25, -0.2) is 4.98 Å². The van der Waals surface area contributed by atoms with Crippen LogP contribution in [0.3, 0.4) is 0 Å². The second-order valence-electron chi connectivity index (χ2n) is 2.75. The molecule has 3 nitrogen and oxygen atoms in total. The number of alkyl halides is 1. The number of hydrogen-bond donors (Lipinski definition) is 0. The molecule has 0 aliphatic carbocycles. The van der Waals surface area contributed by atoms with Crippen molar-refractivity contribution < 1.29 is 0 Å². The lowest BCUT2D eigenvalue weighted by Gasteiger charge is -1.90. The molecule has 2 aromatic rings. The van der Waals surface area contributed by atoms with Crippen LogP contribution in [0.25, 0.3) is 10.7 Å². The number of hydrogen-bond acceptors (Lipinski definition) is 4. The number of rotatable bonds is 2. The molecule has 72 valence electrons. The Kier molecular flexibility index (Phi) is 2.88. The lowest BCUT2D eigenvalue weighted by molar-refractivity contribution is 1.17. The van der Waals surface area contributed by atoms with Crippen LogP contribution in [-0.4, -0.2) is 15.0 Å². The van der Waals surface area contributed by atoms with Crippen LogP contribution >= 0.6 is 27.3 Å². The van der Waals surface area contributed by atoms with Gasteiger partial charge in [0.25, 0.3) is 0 Å². The zero-order valence-electron chi connectivity index (χ0n) is 7.57. The van der Waals surface area contributed by atoms with Gasteiger partial charge in [0.05, 0.1) is 11.9 Å². The van der Waals surface area contributed by atoms with Gasteiger partial charge in [0.2, 0.25) is 0 Å². The van der Waals surface area contributed by atoms with E-state index in [1.54, 1.807) is 29.9 Å². The first-order valence-corrected chi connectivity index (χ1v) is 6.03. The van der Waals surface area contributed by atoms with Gasteiger partial charge in [-0.1, -0.05) is 15.9 Å². The van der Waals surface area contributed by atoms with Crippen molar-refractivity contribution in [2.45, 2.75) is 12.3 Å². The average Bonchev–Trinajstić information content (AvgIpc) is 2.61. The summed E-state index contributed by atoms with van der Waals surface area (Å²) in [4.78, 5) is 13.9. The summed E-state index contributed by atoms with van der Waals surface area (Å²) >= 11 is 5.08. The van der Waals surface area contributed by atoms with Gasteiger partial charge in [0, 0.05) is 22.6 Å². The zero-order valence-corrected chi connectivity index (χ0v) is 9.97. The van der Waals surface area contributed by atoms with Crippen molar-refractivity contribution in [3.05, 3.63) is 29.2 Å². The Morgan fingerprint density at radius 2 is 2.29 bits per heavy atom. The fourth-order valence-electron chi connectivity index (χ4n) is 1.07. The van der Waals surface area contributed by atoms with Gasteiger partial charge >= 0.3 is 0 Å². The van der Waals surface area contributed by atoms with Gasteiger partial charge in [0.1, 0.15) is 10.7 Å². The van der Waals surface area contributed by atoms with E-state index in [0.29, 0.717) is 0 Å². The standard InChI is InChI=1S/C9H8BrN3S/c1-6-8(4-10)14-9(13-6)7-5-11-2-3-12-7/h2-3,5H,4H2,1H3. The molecular weight excluding hydrogens is 262 g/mol. The van der Waals surface area contributed by atoms with Gasteiger partial charge < -0.3 is 0 Å². The summed E-state index contributed by atoms with van der Waals surface area (Å²) in [5, 5.41) is 1.78. The lowest BCUT2D eigenvalue weighted by atomic mass is 10.4. The minimum absolute atomic E-state index is 0.841. The maximum absolute atomic E-state index is 4.44. The summed E-state index contributed by atoms with van der Waals surface area (Å²) in [5.41, 5.74) is 1.90. The average molecular weight is 270 g/mol. The molecule has 0 aromatic carbocycles. The highest BCUT2D eigenvalue weighted by molar-refractivity contribution is 9.08. The maximum Gasteiger partial charge on any atom is 0.143 e. The van der Waals surface area contributed by atoms with Gasteiger partial charge in [-0.3, -0.25) is 9.97 Å². The quantitative estimate of drug-likeness (QED) is 0.787. The molecule has 2 aromatic heterocycles. The van der Waals surface area contributed by atoms with Gasteiger partial charge in [-0.05, 0) is 6.92 Å². The molecule has 0 unspecified atom stereocenters. The number of aryl methyl sites for hydroxylation is 1. The molecule has 0 saturated carbocycles. The molecule has 0 fully saturated rings. The zero-order chi connectivity index (χ0) is 9.97. The molecule has 0 saturated heterocycles. The fourth-order valence-corrected chi connectivity index (χ4v) is 2.69. The van der Waals surface area contributed by atoms with Crippen LogP contribution < -0.4 is 0 Å². The van der Waals surface area contributed by atoms with Crippen molar-refractivity contribution in [1.29, 1.82) is 0 Å². The van der Waals surface area contributed by atoms with Crippen molar-refractivity contribution in [1.82, 2.24) is 15.0 Å². The molecule has 0 spiro atoms. The summed E-state index contributed by atoms with van der Waals surface area (Å²) in [5.74, 6) is 0. The third-order valence-electron chi connectivity index (χ3n) is 1.80. The Bertz CT molecular complexity index is 427. The summed E-state index contributed by atoms with van der Waals surface area (Å²) < 4.78 is 0. The molecule has 0 atom stereocenters. The Morgan fingerprint density at radius 3 is 2.86 bits per heavy atom. The minimum atomic E-state index is 0.841. The van der Waals surface area contributed by atoms with Gasteiger partial charge in [0.15, 0.2) is 0 Å². The predicted molar refractivity (Wildman–Crippen MR) is 60.5 cm³/mol. The van der Waals surface area contributed by atoms with E-state index in [2.05, 4.69) is 30.9 Å². The van der Waals surface area contributed by atoms with Crippen LogP contribution in [0.4, 0.5) is 0 Å². The van der Waals surface area contributed by atoms with Gasteiger partial charge in [-0.2, -0.15) is 0 Å². The lowest BCUT2D eigenvalue weighted by Crippen LogP contribution is -1.82. The van der Waals surface area contributed by atoms with Crippen LogP contribution in [0.5, 0.6) is 0 Å². The van der Waals surface area contributed by atoms with Crippen LogP contribution in [-0.2, 0) is 5.33 Å². The largest absolute Gasteiger partial charge is 0.261 e.